The molecule has 5 nitrogen and oxygen atoms in total. The molecule has 0 bridgehead atoms. The summed E-state index contributed by atoms with van der Waals surface area (Å²) in [6.45, 7) is 13.4. The highest BCUT2D eigenvalue weighted by atomic mass is 16.2. The van der Waals surface area contributed by atoms with E-state index in [1.165, 1.54) is 0 Å². The Labute approximate surface area is 105 Å². The highest BCUT2D eigenvalue weighted by Gasteiger charge is 2.18. The zero-order chi connectivity index (χ0) is 13.3. The van der Waals surface area contributed by atoms with Crippen molar-refractivity contribution in [1.29, 1.82) is 0 Å². The maximum absolute atomic E-state index is 11.4. The van der Waals surface area contributed by atoms with Crippen LogP contribution in [0.4, 0.5) is 0 Å². The molecular formula is C12H28N4O. The maximum atomic E-state index is 11.4. The van der Waals surface area contributed by atoms with Crippen molar-refractivity contribution in [2.75, 3.05) is 32.7 Å². The molecule has 0 aromatic rings. The zero-order valence-corrected chi connectivity index (χ0v) is 11.7. The molecule has 0 saturated carbocycles. The first-order chi connectivity index (χ1) is 8.10. The van der Waals surface area contributed by atoms with Gasteiger partial charge in [0.1, 0.15) is 0 Å². The fraction of sp³-hybridized carbons (Fsp3) is 0.917. The standard InChI is InChI=1S/C12H28N4O/c1-5-15(6-2)9-8-10-16(7-3)11(4)12(17)14-13/h11H,5-10,13H2,1-4H3,(H,14,17). The van der Waals surface area contributed by atoms with Gasteiger partial charge in [0.2, 0.25) is 0 Å². The number of amides is 1. The molecule has 0 heterocycles. The molecule has 5 heteroatoms. The van der Waals surface area contributed by atoms with Crippen molar-refractivity contribution in [1.82, 2.24) is 15.2 Å². The summed E-state index contributed by atoms with van der Waals surface area (Å²) in [4.78, 5) is 16.0. The van der Waals surface area contributed by atoms with E-state index in [0.717, 1.165) is 39.1 Å². The number of rotatable bonds is 9. The molecule has 102 valence electrons. The maximum Gasteiger partial charge on any atom is 0.250 e. The van der Waals surface area contributed by atoms with Crippen molar-refractivity contribution in [2.24, 2.45) is 5.84 Å². The molecule has 0 spiro atoms. The van der Waals surface area contributed by atoms with E-state index in [1.54, 1.807) is 0 Å². The summed E-state index contributed by atoms with van der Waals surface area (Å²) >= 11 is 0. The van der Waals surface area contributed by atoms with E-state index in [0.29, 0.717) is 0 Å². The molecule has 1 unspecified atom stereocenters. The van der Waals surface area contributed by atoms with Crippen molar-refractivity contribution in [3.8, 4) is 0 Å². The number of hydrogen-bond acceptors (Lipinski definition) is 4. The highest BCUT2D eigenvalue weighted by Crippen LogP contribution is 2.01. The summed E-state index contributed by atoms with van der Waals surface area (Å²) < 4.78 is 0. The summed E-state index contributed by atoms with van der Waals surface area (Å²) in [7, 11) is 0. The number of nitrogens with one attached hydrogen (secondary N) is 1. The number of nitrogens with zero attached hydrogens (tertiary/aromatic N) is 2. The van der Waals surface area contributed by atoms with Crippen molar-refractivity contribution < 1.29 is 4.79 Å². The van der Waals surface area contributed by atoms with E-state index in [-0.39, 0.29) is 11.9 Å². The summed E-state index contributed by atoms with van der Waals surface area (Å²) in [5, 5.41) is 0. The second-order valence-corrected chi connectivity index (χ2v) is 4.19. The number of nitrogens with two attached hydrogens (primary N) is 1. The molecule has 0 aliphatic rings. The smallest absolute Gasteiger partial charge is 0.250 e. The van der Waals surface area contributed by atoms with Crippen LogP contribution in [-0.2, 0) is 4.79 Å². The molecule has 1 amide bonds. The minimum absolute atomic E-state index is 0.116. The van der Waals surface area contributed by atoms with Crippen LogP contribution in [-0.4, -0.2) is 54.5 Å². The van der Waals surface area contributed by atoms with Gasteiger partial charge in [-0.05, 0) is 39.5 Å². The first kappa shape index (κ1) is 16.4. The number of likely N-dealkylation sites (N-methyl/N-ethyl adjacent to an activating group) is 1. The minimum atomic E-state index is -0.151. The van der Waals surface area contributed by atoms with E-state index in [4.69, 9.17) is 5.84 Å². The topological polar surface area (TPSA) is 61.6 Å². The molecule has 0 aliphatic heterocycles. The fourth-order valence-electron chi connectivity index (χ4n) is 1.95. The number of hydrogen-bond donors (Lipinski definition) is 2. The summed E-state index contributed by atoms with van der Waals surface area (Å²) in [5.74, 6) is 5.03. The summed E-state index contributed by atoms with van der Waals surface area (Å²) in [5.41, 5.74) is 2.21. The number of hydrazine groups is 1. The van der Waals surface area contributed by atoms with Crippen LogP contribution in [0.15, 0.2) is 0 Å². The molecule has 0 saturated heterocycles. The quantitative estimate of drug-likeness (QED) is 0.350. The average Bonchev–Trinajstić information content (AvgIpc) is 2.37. The van der Waals surface area contributed by atoms with Crippen molar-refractivity contribution in [3.63, 3.8) is 0 Å². The molecule has 0 aromatic heterocycles. The lowest BCUT2D eigenvalue weighted by atomic mass is 10.2. The van der Waals surface area contributed by atoms with Gasteiger partial charge < -0.3 is 4.90 Å². The Morgan fingerprint density at radius 2 is 1.76 bits per heavy atom. The molecule has 0 aromatic carbocycles. The Bertz CT molecular complexity index is 207. The van der Waals surface area contributed by atoms with Crippen LogP contribution in [0.25, 0.3) is 0 Å². The zero-order valence-electron chi connectivity index (χ0n) is 11.7. The Morgan fingerprint density at radius 3 is 2.18 bits per heavy atom. The second-order valence-electron chi connectivity index (χ2n) is 4.19. The lowest BCUT2D eigenvalue weighted by Crippen LogP contribution is -2.48. The van der Waals surface area contributed by atoms with Crippen LogP contribution >= 0.6 is 0 Å². The van der Waals surface area contributed by atoms with E-state index in [1.807, 2.05) is 6.92 Å². The number of carbonyl (C=O) groups excluding carboxylic acids is 1. The van der Waals surface area contributed by atoms with Crippen LogP contribution in [0.2, 0.25) is 0 Å². The highest BCUT2D eigenvalue weighted by molar-refractivity contribution is 5.80. The third-order valence-corrected chi connectivity index (χ3v) is 3.29. The van der Waals surface area contributed by atoms with Gasteiger partial charge in [-0.25, -0.2) is 5.84 Å². The van der Waals surface area contributed by atoms with Crippen LogP contribution in [0, 0.1) is 0 Å². The third kappa shape index (κ3) is 6.00. The van der Waals surface area contributed by atoms with Crippen LogP contribution < -0.4 is 11.3 Å². The van der Waals surface area contributed by atoms with Gasteiger partial charge in [-0.1, -0.05) is 20.8 Å². The van der Waals surface area contributed by atoms with E-state index < -0.39 is 0 Å². The Balaban J connectivity index is 4.01. The molecule has 0 radical (unpaired) electrons. The van der Waals surface area contributed by atoms with Gasteiger partial charge in [-0.15, -0.1) is 0 Å². The molecule has 3 N–H and O–H groups in total. The van der Waals surface area contributed by atoms with E-state index in [9.17, 15) is 4.79 Å². The lowest BCUT2D eigenvalue weighted by molar-refractivity contribution is -0.125. The normalized spacial score (nSPS) is 13.1. The first-order valence-electron chi connectivity index (χ1n) is 6.57. The van der Waals surface area contributed by atoms with Crippen LogP contribution in [0.5, 0.6) is 0 Å². The van der Waals surface area contributed by atoms with Crippen molar-refractivity contribution in [3.05, 3.63) is 0 Å². The molecule has 0 aliphatic carbocycles. The van der Waals surface area contributed by atoms with Gasteiger partial charge in [-0.3, -0.25) is 15.1 Å². The summed E-state index contributed by atoms with van der Waals surface area (Å²) in [6.07, 6.45) is 1.08. The van der Waals surface area contributed by atoms with Crippen LogP contribution in [0.1, 0.15) is 34.1 Å². The van der Waals surface area contributed by atoms with E-state index >= 15 is 0 Å². The predicted octanol–water partition coefficient (Wildman–Crippen LogP) is 0.419. The van der Waals surface area contributed by atoms with Gasteiger partial charge in [0.25, 0.3) is 5.91 Å². The molecule has 17 heavy (non-hydrogen) atoms. The molecule has 0 fully saturated rings. The van der Waals surface area contributed by atoms with Gasteiger partial charge in [0, 0.05) is 6.54 Å². The predicted molar refractivity (Wildman–Crippen MR) is 71.4 cm³/mol. The first-order valence-corrected chi connectivity index (χ1v) is 6.57. The van der Waals surface area contributed by atoms with E-state index in [2.05, 4.69) is 36.0 Å². The van der Waals surface area contributed by atoms with Crippen LogP contribution in [0.3, 0.4) is 0 Å². The second kappa shape index (κ2) is 9.39. The van der Waals surface area contributed by atoms with Gasteiger partial charge in [0.15, 0.2) is 0 Å². The Morgan fingerprint density at radius 1 is 1.18 bits per heavy atom. The molecule has 0 rings (SSSR count). The van der Waals surface area contributed by atoms with Crippen molar-refractivity contribution in [2.45, 2.75) is 40.2 Å². The lowest BCUT2D eigenvalue weighted by Gasteiger charge is -2.27. The molecular weight excluding hydrogens is 216 g/mol. The Hall–Kier alpha value is -0.650. The SMILES string of the molecule is CCN(CC)CCCN(CC)C(C)C(=O)NN. The van der Waals surface area contributed by atoms with Gasteiger partial charge in [-0.2, -0.15) is 0 Å². The van der Waals surface area contributed by atoms with Crippen molar-refractivity contribution >= 4 is 5.91 Å². The van der Waals surface area contributed by atoms with Gasteiger partial charge >= 0.3 is 0 Å². The fourth-order valence-corrected chi connectivity index (χ4v) is 1.95. The largest absolute Gasteiger partial charge is 0.304 e. The monoisotopic (exact) mass is 244 g/mol. The molecule has 1 atom stereocenters. The third-order valence-electron chi connectivity index (χ3n) is 3.29. The Kier molecular flexibility index (Phi) is 9.03. The average molecular weight is 244 g/mol. The summed E-state index contributed by atoms with van der Waals surface area (Å²) in [6, 6.07) is -0.151. The van der Waals surface area contributed by atoms with Gasteiger partial charge in [0.05, 0.1) is 6.04 Å². The number of carbonyl (C=O) groups is 1. The minimum Gasteiger partial charge on any atom is -0.304 e.